The molecule has 2 heterocycles. The maximum absolute atomic E-state index is 12.3. The molecule has 1 aliphatic heterocycles. The predicted octanol–water partition coefficient (Wildman–Crippen LogP) is 4.29. The first kappa shape index (κ1) is 19.3. The fourth-order valence-electron chi connectivity index (χ4n) is 3.02. The standard InChI is InChI=1S/C22H18N2O6/c1-2-3-8-27-22(26)20-21(25)16-9-13(4-6-15(16)17(11-23)24-20)30-14-5-7-18-19(10-14)29-12-28-18/h4-7,9-10,25H,2-3,8,12H2,1H3. The molecule has 0 atom stereocenters. The molecule has 0 saturated heterocycles. The largest absolute Gasteiger partial charge is 0.505 e. The number of aromatic hydroxyl groups is 1. The number of benzene rings is 2. The van der Waals surface area contributed by atoms with Crippen molar-refractivity contribution in [2.24, 2.45) is 0 Å². The number of nitrogens with zero attached hydrogens (tertiary/aromatic N) is 2. The number of pyridine rings is 1. The Bertz CT molecular complexity index is 1170. The van der Waals surface area contributed by atoms with Gasteiger partial charge in [0.1, 0.15) is 23.3 Å². The highest BCUT2D eigenvalue weighted by Gasteiger charge is 2.21. The molecule has 3 aromatic rings. The van der Waals surface area contributed by atoms with E-state index >= 15 is 0 Å². The minimum atomic E-state index is -0.776. The number of hydrogen-bond donors (Lipinski definition) is 1. The van der Waals surface area contributed by atoms with E-state index in [-0.39, 0.29) is 35.9 Å². The van der Waals surface area contributed by atoms with Crippen molar-refractivity contribution in [1.82, 2.24) is 4.98 Å². The van der Waals surface area contributed by atoms with E-state index in [9.17, 15) is 15.2 Å². The summed E-state index contributed by atoms with van der Waals surface area (Å²) in [6.45, 7) is 2.34. The smallest absolute Gasteiger partial charge is 0.360 e. The molecular weight excluding hydrogens is 388 g/mol. The number of carbonyl (C=O) groups is 1. The zero-order valence-corrected chi connectivity index (χ0v) is 16.2. The van der Waals surface area contributed by atoms with Crippen molar-refractivity contribution < 1.29 is 28.8 Å². The van der Waals surface area contributed by atoms with Crippen LogP contribution in [0.1, 0.15) is 35.9 Å². The minimum Gasteiger partial charge on any atom is -0.505 e. The van der Waals surface area contributed by atoms with Crippen LogP contribution >= 0.6 is 0 Å². The first-order valence-corrected chi connectivity index (χ1v) is 9.42. The van der Waals surface area contributed by atoms with Gasteiger partial charge in [-0.05, 0) is 36.8 Å². The molecule has 1 N–H and O–H groups in total. The lowest BCUT2D eigenvalue weighted by Crippen LogP contribution is -2.10. The lowest BCUT2D eigenvalue weighted by molar-refractivity contribution is 0.0489. The molecule has 2 aromatic carbocycles. The Hall–Kier alpha value is -3.99. The van der Waals surface area contributed by atoms with E-state index in [0.29, 0.717) is 34.8 Å². The highest BCUT2D eigenvalue weighted by Crippen LogP contribution is 2.38. The van der Waals surface area contributed by atoms with Crippen molar-refractivity contribution >= 4 is 16.7 Å². The number of ether oxygens (including phenoxy) is 4. The van der Waals surface area contributed by atoms with Gasteiger partial charge in [-0.3, -0.25) is 0 Å². The van der Waals surface area contributed by atoms with Crippen molar-refractivity contribution in [3.8, 4) is 34.8 Å². The SMILES string of the molecule is CCCCOC(=O)c1nc(C#N)c2ccc(Oc3ccc4c(c3)OCO4)cc2c1O. The first-order valence-electron chi connectivity index (χ1n) is 9.42. The van der Waals surface area contributed by atoms with Crippen LogP contribution in [0.3, 0.4) is 0 Å². The molecule has 8 heteroatoms. The van der Waals surface area contributed by atoms with Crippen LogP contribution in [0.25, 0.3) is 10.8 Å². The van der Waals surface area contributed by atoms with Crippen LogP contribution in [0.2, 0.25) is 0 Å². The average molecular weight is 406 g/mol. The number of carbonyl (C=O) groups excluding carboxylic acids is 1. The molecular formula is C22H18N2O6. The van der Waals surface area contributed by atoms with Crippen molar-refractivity contribution in [3.63, 3.8) is 0 Å². The number of fused-ring (bicyclic) bond motifs is 2. The van der Waals surface area contributed by atoms with Crippen molar-refractivity contribution in [2.45, 2.75) is 19.8 Å². The maximum Gasteiger partial charge on any atom is 0.360 e. The molecule has 0 saturated carbocycles. The van der Waals surface area contributed by atoms with Gasteiger partial charge >= 0.3 is 5.97 Å². The number of unbranched alkanes of at least 4 members (excludes halogenated alkanes) is 1. The molecule has 0 fully saturated rings. The molecule has 1 aromatic heterocycles. The Kier molecular flexibility index (Phi) is 5.26. The summed E-state index contributed by atoms with van der Waals surface area (Å²) in [5.74, 6) is 0.977. The van der Waals surface area contributed by atoms with E-state index in [1.807, 2.05) is 13.0 Å². The Morgan fingerprint density at radius 3 is 2.73 bits per heavy atom. The van der Waals surface area contributed by atoms with Crippen molar-refractivity contribution in [1.29, 1.82) is 5.26 Å². The van der Waals surface area contributed by atoms with E-state index in [1.54, 1.807) is 36.4 Å². The average Bonchev–Trinajstić information content (AvgIpc) is 3.22. The second-order valence-electron chi connectivity index (χ2n) is 6.58. The summed E-state index contributed by atoms with van der Waals surface area (Å²) in [6, 6.07) is 11.9. The van der Waals surface area contributed by atoms with Gasteiger partial charge in [-0.2, -0.15) is 5.26 Å². The zero-order valence-electron chi connectivity index (χ0n) is 16.2. The third kappa shape index (κ3) is 3.65. The third-order valence-corrected chi connectivity index (χ3v) is 4.56. The Morgan fingerprint density at radius 1 is 1.17 bits per heavy atom. The first-order chi connectivity index (χ1) is 14.6. The highest BCUT2D eigenvalue weighted by molar-refractivity contribution is 6.01. The van der Waals surface area contributed by atoms with E-state index in [4.69, 9.17) is 18.9 Å². The summed E-state index contributed by atoms with van der Waals surface area (Å²) in [4.78, 5) is 16.3. The summed E-state index contributed by atoms with van der Waals surface area (Å²) in [5.41, 5.74) is -0.282. The normalized spacial score (nSPS) is 11.9. The molecule has 152 valence electrons. The van der Waals surface area contributed by atoms with Crippen LogP contribution in [0, 0.1) is 11.3 Å². The van der Waals surface area contributed by atoms with E-state index in [1.165, 1.54) is 0 Å². The highest BCUT2D eigenvalue weighted by atomic mass is 16.7. The maximum atomic E-state index is 12.3. The van der Waals surface area contributed by atoms with Gasteiger partial charge in [0, 0.05) is 16.8 Å². The molecule has 0 amide bonds. The van der Waals surface area contributed by atoms with Gasteiger partial charge in [0.2, 0.25) is 6.79 Å². The Morgan fingerprint density at radius 2 is 1.93 bits per heavy atom. The third-order valence-electron chi connectivity index (χ3n) is 4.56. The molecule has 8 nitrogen and oxygen atoms in total. The van der Waals surface area contributed by atoms with Gasteiger partial charge in [-0.15, -0.1) is 0 Å². The van der Waals surface area contributed by atoms with Crippen molar-refractivity contribution in [2.75, 3.05) is 13.4 Å². The van der Waals surface area contributed by atoms with Crippen LogP contribution in [-0.4, -0.2) is 29.5 Å². The van der Waals surface area contributed by atoms with E-state index < -0.39 is 5.97 Å². The summed E-state index contributed by atoms with van der Waals surface area (Å²) in [6.07, 6.45) is 1.55. The molecule has 1 aliphatic rings. The van der Waals surface area contributed by atoms with Gasteiger partial charge in [0.15, 0.2) is 22.9 Å². The quantitative estimate of drug-likeness (QED) is 0.477. The minimum absolute atomic E-state index is 0.0138. The number of rotatable bonds is 6. The number of hydrogen-bond acceptors (Lipinski definition) is 8. The van der Waals surface area contributed by atoms with Crippen LogP contribution < -0.4 is 14.2 Å². The van der Waals surface area contributed by atoms with Crippen LogP contribution in [-0.2, 0) is 4.74 Å². The lowest BCUT2D eigenvalue weighted by Gasteiger charge is -2.11. The number of nitriles is 1. The number of esters is 1. The zero-order chi connectivity index (χ0) is 21.1. The van der Waals surface area contributed by atoms with Gasteiger partial charge < -0.3 is 24.1 Å². The molecule has 0 radical (unpaired) electrons. The van der Waals surface area contributed by atoms with Gasteiger partial charge in [-0.25, -0.2) is 9.78 Å². The van der Waals surface area contributed by atoms with Gasteiger partial charge in [-0.1, -0.05) is 13.3 Å². The summed E-state index contributed by atoms with van der Waals surface area (Å²) >= 11 is 0. The molecule has 0 spiro atoms. The predicted molar refractivity (Wildman–Crippen MR) is 106 cm³/mol. The fraction of sp³-hybridized carbons (Fsp3) is 0.227. The molecule has 0 aliphatic carbocycles. The Balaban J connectivity index is 1.69. The van der Waals surface area contributed by atoms with E-state index in [0.717, 1.165) is 6.42 Å². The number of aromatic nitrogens is 1. The van der Waals surface area contributed by atoms with Crippen LogP contribution in [0.15, 0.2) is 36.4 Å². The molecule has 4 rings (SSSR count). The molecule has 0 unspecified atom stereocenters. The molecule has 0 bridgehead atoms. The van der Waals surface area contributed by atoms with Gasteiger partial charge in [0.05, 0.1) is 6.61 Å². The monoisotopic (exact) mass is 406 g/mol. The van der Waals surface area contributed by atoms with E-state index in [2.05, 4.69) is 4.98 Å². The lowest BCUT2D eigenvalue weighted by atomic mass is 10.1. The topological polar surface area (TPSA) is 111 Å². The molecule has 30 heavy (non-hydrogen) atoms. The van der Waals surface area contributed by atoms with Crippen LogP contribution in [0.4, 0.5) is 0 Å². The van der Waals surface area contributed by atoms with Crippen LogP contribution in [0.5, 0.6) is 28.7 Å². The summed E-state index contributed by atoms with van der Waals surface area (Å²) in [7, 11) is 0. The second-order valence-corrected chi connectivity index (χ2v) is 6.58. The fourth-order valence-corrected chi connectivity index (χ4v) is 3.02. The van der Waals surface area contributed by atoms with Crippen molar-refractivity contribution in [3.05, 3.63) is 47.8 Å². The Labute approximate surface area is 172 Å². The summed E-state index contributed by atoms with van der Waals surface area (Å²) in [5, 5.41) is 20.8. The second kappa shape index (κ2) is 8.17. The summed E-state index contributed by atoms with van der Waals surface area (Å²) < 4.78 is 21.6. The van der Waals surface area contributed by atoms with Gasteiger partial charge in [0.25, 0.3) is 0 Å².